The van der Waals surface area contributed by atoms with E-state index in [2.05, 4.69) is 5.32 Å². The highest BCUT2D eigenvalue weighted by Crippen LogP contribution is 2.29. The number of amides is 1. The van der Waals surface area contributed by atoms with E-state index in [4.69, 9.17) is 5.14 Å². The third-order valence-corrected chi connectivity index (χ3v) is 4.79. The number of hydrogen-bond donors (Lipinski definition) is 2. The number of rotatable bonds is 3. The maximum atomic E-state index is 12.5. The van der Waals surface area contributed by atoms with E-state index in [1.54, 1.807) is 18.2 Å². The predicted molar refractivity (Wildman–Crippen MR) is 68.9 cm³/mol. The zero-order valence-electron chi connectivity index (χ0n) is 10.1. The minimum absolute atomic E-state index is 0.0919. The van der Waals surface area contributed by atoms with E-state index in [1.165, 1.54) is 12.1 Å². The summed E-state index contributed by atoms with van der Waals surface area (Å²) in [5.74, 6) is -1.61. The Hall–Kier alpha value is -1.73. The molecule has 1 atom stereocenters. The van der Waals surface area contributed by atoms with Crippen molar-refractivity contribution in [2.45, 2.75) is 17.6 Å². The molecule has 1 aliphatic heterocycles. The van der Waals surface area contributed by atoms with Gasteiger partial charge in [0.15, 0.2) is 5.78 Å². The maximum absolute atomic E-state index is 12.5. The number of Topliss-reactive ketones (excluding diaryl/α,β-unsaturated/α-hetero) is 1. The first kappa shape index (κ1) is 13.7. The van der Waals surface area contributed by atoms with Crippen LogP contribution in [0.4, 0.5) is 0 Å². The Labute approximate surface area is 111 Å². The molecular formula is C12H14N2O4S. The highest BCUT2D eigenvalue weighted by Gasteiger charge is 2.56. The second-order valence-corrected chi connectivity index (χ2v) is 6.21. The average Bonchev–Trinajstić information content (AvgIpc) is 2.38. The van der Waals surface area contributed by atoms with Gasteiger partial charge in [-0.2, -0.15) is 0 Å². The van der Waals surface area contributed by atoms with Crippen molar-refractivity contribution >= 4 is 21.7 Å². The molecule has 1 saturated heterocycles. The second-order valence-electron chi connectivity index (χ2n) is 4.43. The Morgan fingerprint density at radius 2 is 1.89 bits per heavy atom. The molecule has 3 N–H and O–H groups in total. The van der Waals surface area contributed by atoms with Gasteiger partial charge in [-0.05, 0) is 12.8 Å². The van der Waals surface area contributed by atoms with Crippen molar-refractivity contribution in [3.8, 4) is 0 Å². The van der Waals surface area contributed by atoms with Crippen molar-refractivity contribution in [2.75, 3.05) is 6.54 Å². The average molecular weight is 282 g/mol. The van der Waals surface area contributed by atoms with Crippen LogP contribution in [0.5, 0.6) is 0 Å². The van der Waals surface area contributed by atoms with E-state index in [0.29, 0.717) is 13.0 Å². The largest absolute Gasteiger partial charge is 0.354 e. The lowest BCUT2D eigenvalue weighted by atomic mass is 9.89. The van der Waals surface area contributed by atoms with E-state index in [9.17, 15) is 18.0 Å². The molecule has 1 fully saturated rings. The van der Waals surface area contributed by atoms with Gasteiger partial charge in [-0.25, -0.2) is 13.6 Å². The first-order valence-electron chi connectivity index (χ1n) is 5.80. The third kappa shape index (κ3) is 2.15. The van der Waals surface area contributed by atoms with Gasteiger partial charge in [-0.1, -0.05) is 30.3 Å². The number of piperidine rings is 1. The third-order valence-electron chi connectivity index (χ3n) is 3.25. The molecule has 1 aliphatic rings. The number of ketones is 1. The molecule has 1 amide bonds. The summed E-state index contributed by atoms with van der Waals surface area (Å²) in [4.78, 5) is 24.4. The molecule has 1 aromatic carbocycles. The monoisotopic (exact) mass is 282 g/mol. The number of carbonyl (C=O) groups excluding carboxylic acids is 2. The Morgan fingerprint density at radius 3 is 2.42 bits per heavy atom. The van der Waals surface area contributed by atoms with Crippen molar-refractivity contribution in [1.82, 2.24) is 5.32 Å². The molecule has 7 heteroatoms. The first-order valence-corrected chi connectivity index (χ1v) is 7.35. The van der Waals surface area contributed by atoms with Crippen molar-refractivity contribution < 1.29 is 18.0 Å². The minimum atomic E-state index is -4.35. The van der Waals surface area contributed by atoms with Crippen LogP contribution in [0.1, 0.15) is 23.2 Å². The number of nitrogens with one attached hydrogen (secondary N) is 1. The quantitative estimate of drug-likeness (QED) is 0.591. The standard InChI is InChI=1S/C12H14N2O4S/c13-19(17,18)12(7-4-8-14-11(12)16)10(15)9-5-2-1-3-6-9/h1-3,5-6H,4,7-8H2,(H,14,16)(H2,13,17,18). The van der Waals surface area contributed by atoms with Crippen molar-refractivity contribution in [1.29, 1.82) is 0 Å². The van der Waals surface area contributed by atoms with Crippen LogP contribution in [0, 0.1) is 0 Å². The molecule has 0 radical (unpaired) electrons. The zero-order chi connectivity index (χ0) is 14.1. The van der Waals surface area contributed by atoms with E-state index in [-0.39, 0.29) is 12.0 Å². The van der Waals surface area contributed by atoms with Gasteiger partial charge in [-0.15, -0.1) is 0 Å². The van der Waals surface area contributed by atoms with Crippen LogP contribution in [0.3, 0.4) is 0 Å². The zero-order valence-corrected chi connectivity index (χ0v) is 10.9. The number of primary sulfonamides is 1. The van der Waals surface area contributed by atoms with E-state index >= 15 is 0 Å². The fourth-order valence-electron chi connectivity index (χ4n) is 2.24. The smallest absolute Gasteiger partial charge is 0.250 e. The van der Waals surface area contributed by atoms with Gasteiger partial charge in [0.05, 0.1) is 0 Å². The Kier molecular flexibility index (Phi) is 3.42. The highest BCUT2D eigenvalue weighted by atomic mass is 32.2. The van der Waals surface area contributed by atoms with Gasteiger partial charge in [0.25, 0.3) is 5.91 Å². The molecule has 1 unspecified atom stereocenters. The van der Waals surface area contributed by atoms with Crippen molar-refractivity contribution in [3.63, 3.8) is 0 Å². The molecule has 6 nitrogen and oxygen atoms in total. The van der Waals surface area contributed by atoms with Gasteiger partial charge in [-0.3, -0.25) is 9.59 Å². The van der Waals surface area contributed by atoms with Crippen LogP contribution < -0.4 is 10.5 Å². The lowest BCUT2D eigenvalue weighted by Crippen LogP contribution is -2.62. The van der Waals surface area contributed by atoms with Gasteiger partial charge in [0.2, 0.25) is 14.8 Å². The Morgan fingerprint density at radius 1 is 1.26 bits per heavy atom. The SMILES string of the molecule is NS(=O)(=O)C1(C(=O)c2ccccc2)CCCNC1=O. The van der Waals surface area contributed by atoms with E-state index < -0.39 is 26.5 Å². The maximum Gasteiger partial charge on any atom is 0.250 e. The number of benzene rings is 1. The molecular weight excluding hydrogens is 268 g/mol. The molecule has 1 heterocycles. The summed E-state index contributed by atoms with van der Waals surface area (Å²) < 4.78 is 21.5. The lowest BCUT2D eigenvalue weighted by Gasteiger charge is -2.32. The van der Waals surface area contributed by atoms with Gasteiger partial charge >= 0.3 is 0 Å². The summed E-state index contributed by atoms with van der Waals surface area (Å²) in [6.45, 7) is 0.345. The fourth-order valence-corrected chi connectivity index (χ4v) is 3.37. The highest BCUT2D eigenvalue weighted by molar-refractivity contribution is 7.92. The molecule has 1 aromatic rings. The van der Waals surface area contributed by atoms with Gasteiger partial charge < -0.3 is 5.32 Å². The molecule has 0 aromatic heterocycles. The molecule has 19 heavy (non-hydrogen) atoms. The predicted octanol–water partition coefficient (Wildman–Crippen LogP) is -0.193. The minimum Gasteiger partial charge on any atom is -0.354 e. The topological polar surface area (TPSA) is 106 Å². The van der Waals surface area contributed by atoms with Crippen LogP contribution in [0.25, 0.3) is 0 Å². The number of nitrogens with two attached hydrogens (primary N) is 1. The second kappa shape index (κ2) is 4.75. The summed E-state index contributed by atoms with van der Waals surface area (Å²) >= 11 is 0. The Balaban J connectivity index is 2.57. The lowest BCUT2D eigenvalue weighted by molar-refractivity contribution is -0.123. The summed E-state index contributed by atoms with van der Waals surface area (Å²) in [5, 5.41) is 7.58. The Bertz CT molecular complexity index is 612. The molecule has 0 bridgehead atoms. The molecule has 0 spiro atoms. The molecule has 0 aliphatic carbocycles. The van der Waals surface area contributed by atoms with Crippen LogP contribution in [-0.2, 0) is 14.8 Å². The van der Waals surface area contributed by atoms with Crippen LogP contribution >= 0.6 is 0 Å². The van der Waals surface area contributed by atoms with Crippen molar-refractivity contribution in [3.05, 3.63) is 35.9 Å². The van der Waals surface area contributed by atoms with Crippen LogP contribution in [0.2, 0.25) is 0 Å². The number of carbonyl (C=O) groups is 2. The normalized spacial score (nSPS) is 23.7. The summed E-state index contributed by atoms with van der Waals surface area (Å²) in [6, 6.07) is 7.84. The number of hydrogen-bond acceptors (Lipinski definition) is 4. The summed E-state index contributed by atoms with van der Waals surface area (Å²) in [7, 11) is -4.35. The number of sulfonamides is 1. The van der Waals surface area contributed by atoms with Crippen molar-refractivity contribution in [2.24, 2.45) is 5.14 Å². The van der Waals surface area contributed by atoms with E-state index in [1.807, 2.05) is 0 Å². The first-order chi connectivity index (χ1) is 8.89. The summed E-state index contributed by atoms with van der Waals surface area (Å²) in [6.07, 6.45) is 0.298. The van der Waals surface area contributed by atoms with Gasteiger partial charge in [0.1, 0.15) is 0 Å². The molecule has 102 valence electrons. The van der Waals surface area contributed by atoms with Crippen LogP contribution in [0.15, 0.2) is 30.3 Å². The van der Waals surface area contributed by atoms with Gasteiger partial charge in [0, 0.05) is 12.1 Å². The van der Waals surface area contributed by atoms with E-state index in [0.717, 1.165) is 0 Å². The summed E-state index contributed by atoms with van der Waals surface area (Å²) in [5.41, 5.74) is 0.161. The molecule has 0 saturated carbocycles. The molecule has 2 rings (SSSR count). The van der Waals surface area contributed by atoms with Crippen LogP contribution in [-0.4, -0.2) is 31.4 Å². The fraction of sp³-hybridized carbons (Fsp3) is 0.333.